The van der Waals surface area contributed by atoms with Gasteiger partial charge in [-0.25, -0.2) is 0 Å². The maximum atomic E-state index is 11.1. The summed E-state index contributed by atoms with van der Waals surface area (Å²) in [6.45, 7) is 3.73. The van der Waals surface area contributed by atoms with Gasteiger partial charge < -0.3 is 4.90 Å². The van der Waals surface area contributed by atoms with Crippen LogP contribution < -0.4 is 4.90 Å². The highest BCUT2D eigenvalue weighted by atomic mass is 16.2. The fourth-order valence-corrected chi connectivity index (χ4v) is 1.39. The summed E-state index contributed by atoms with van der Waals surface area (Å²) in [6, 6.07) is 8.13. The largest absolute Gasteiger partial charge is 0.316 e. The van der Waals surface area contributed by atoms with E-state index in [4.69, 9.17) is 0 Å². The third-order valence-corrected chi connectivity index (χ3v) is 2.31. The van der Waals surface area contributed by atoms with Crippen molar-refractivity contribution in [2.45, 2.75) is 26.7 Å². The van der Waals surface area contributed by atoms with Crippen LogP contribution >= 0.6 is 0 Å². The Bertz CT molecular complexity index is 320. The molecule has 0 aliphatic heterocycles. The van der Waals surface area contributed by atoms with Crippen molar-refractivity contribution in [1.82, 2.24) is 0 Å². The molecule has 1 aromatic rings. The predicted octanol–water partition coefficient (Wildman–Crippen LogP) is 2.62. The van der Waals surface area contributed by atoms with Crippen LogP contribution in [0.5, 0.6) is 0 Å². The lowest BCUT2D eigenvalue weighted by molar-refractivity contribution is -0.116. The van der Waals surface area contributed by atoms with Crippen LogP contribution in [0.25, 0.3) is 0 Å². The van der Waals surface area contributed by atoms with Crippen molar-refractivity contribution >= 4 is 11.6 Å². The molecule has 0 heterocycles. The normalized spacial score (nSPS) is 9.93. The van der Waals surface area contributed by atoms with Gasteiger partial charge in [-0.3, -0.25) is 4.79 Å². The van der Waals surface area contributed by atoms with Gasteiger partial charge in [-0.15, -0.1) is 0 Å². The van der Waals surface area contributed by atoms with Gasteiger partial charge >= 0.3 is 0 Å². The van der Waals surface area contributed by atoms with E-state index < -0.39 is 0 Å². The van der Waals surface area contributed by atoms with Crippen molar-refractivity contribution in [1.29, 1.82) is 0 Å². The Morgan fingerprint density at radius 3 is 2.71 bits per heavy atom. The molecule has 14 heavy (non-hydrogen) atoms. The van der Waals surface area contributed by atoms with Crippen molar-refractivity contribution in [3.63, 3.8) is 0 Å². The Balaban J connectivity index is 2.87. The lowest BCUT2D eigenvalue weighted by Gasteiger charge is -2.15. The third kappa shape index (κ3) is 2.59. The molecule has 0 atom stereocenters. The van der Waals surface area contributed by atoms with E-state index in [1.54, 1.807) is 18.9 Å². The van der Waals surface area contributed by atoms with Crippen LogP contribution in [0.2, 0.25) is 0 Å². The van der Waals surface area contributed by atoms with Gasteiger partial charge in [0.25, 0.3) is 0 Å². The smallest absolute Gasteiger partial charge is 0.223 e. The van der Waals surface area contributed by atoms with E-state index in [2.05, 4.69) is 19.1 Å². The molecule has 0 saturated heterocycles. The Morgan fingerprint density at radius 2 is 2.14 bits per heavy atom. The van der Waals surface area contributed by atoms with E-state index in [9.17, 15) is 4.79 Å². The van der Waals surface area contributed by atoms with Crippen molar-refractivity contribution in [3.8, 4) is 0 Å². The molecule has 1 amide bonds. The van der Waals surface area contributed by atoms with Crippen molar-refractivity contribution < 1.29 is 4.79 Å². The number of rotatable bonds is 3. The van der Waals surface area contributed by atoms with Crippen LogP contribution in [-0.4, -0.2) is 13.0 Å². The second-order valence-corrected chi connectivity index (χ2v) is 3.50. The fourth-order valence-electron chi connectivity index (χ4n) is 1.39. The van der Waals surface area contributed by atoms with Gasteiger partial charge in [0.15, 0.2) is 0 Å². The number of anilines is 1. The lowest BCUT2D eigenvalue weighted by atomic mass is 10.1. The van der Waals surface area contributed by atoms with Crippen LogP contribution in [0, 0.1) is 0 Å². The quantitative estimate of drug-likeness (QED) is 0.719. The van der Waals surface area contributed by atoms with Gasteiger partial charge in [0, 0.05) is 19.7 Å². The van der Waals surface area contributed by atoms with Crippen LogP contribution in [0.1, 0.15) is 25.8 Å². The van der Waals surface area contributed by atoms with E-state index in [1.807, 2.05) is 12.1 Å². The lowest BCUT2D eigenvalue weighted by Crippen LogP contribution is -2.22. The Morgan fingerprint density at radius 1 is 1.43 bits per heavy atom. The number of hydrogen-bond acceptors (Lipinski definition) is 1. The average molecular weight is 191 g/mol. The first-order chi connectivity index (χ1) is 6.65. The summed E-state index contributed by atoms with van der Waals surface area (Å²) in [5.41, 5.74) is 2.27. The standard InChI is InChI=1S/C12H17NO/c1-4-6-11-7-5-8-12(9-11)13(3)10(2)14/h5,7-9H,4,6H2,1-3H3. The van der Waals surface area contributed by atoms with Gasteiger partial charge in [-0.2, -0.15) is 0 Å². The average Bonchev–Trinajstić information content (AvgIpc) is 2.17. The number of amides is 1. The molecule has 0 aliphatic rings. The number of carbonyl (C=O) groups excluding carboxylic acids is 1. The zero-order chi connectivity index (χ0) is 10.6. The molecule has 0 bridgehead atoms. The number of nitrogens with zero attached hydrogens (tertiary/aromatic N) is 1. The number of aryl methyl sites for hydroxylation is 1. The van der Waals surface area contributed by atoms with Gasteiger partial charge in [-0.05, 0) is 24.1 Å². The zero-order valence-corrected chi connectivity index (χ0v) is 9.08. The first-order valence-electron chi connectivity index (χ1n) is 4.98. The molecule has 0 N–H and O–H groups in total. The highest BCUT2D eigenvalue weighted by molar-refractivity contribution is 5.90. The molecule has 0 aromatic heterocycles. The molecule has 2 heteroatoms. The fraction of sp³-hybridized carbons (Fsp3) is 0.417. The van der Waals surface area contributed by atoms with Crippen molar-refractivity contribution in [2.24, 2.45) is 0 Å². The highest BCUT2D eigenvalue weighted by Crippen LogP contribution is 2.15. The van der Waals surface area contributed by atoms with Crippen LogP contribution in [0.15, 0.2) is 24.3 Å². The minimum absolute atomic E-state index is 0.0682. The molecule has 1 rings (SSSR count). The summed E-state index contributed by atoms with van der Waals surface area (Å²) >= 11 is 0. The Kier molecular flexibility index (Phi) is 3.69. The summed E-state index contributed by atoms with van der Waals surface area (Å²) < 4.78 is 0. The molecule has 0 radical (unpaired) electrons. The predicted molar refractivity (Wildman–Crippen MR) is 59.5 cm³/mol. The second kappa shape index (κ2) is 4.80. The molecule has 0 aliphatic carbocycles. The first-order valence-corrected chi connectivity index (χ1v) is 4.98. The van der Waals surface area contributed by atoms with E-state index in [0.29, 0.717) is 0 Å². The second-order valence-electron chi connectivity index (χ2n) is 3.50. The van der Waals surface area contributed by atoms with Crippen LogP contribution in [-0.2, 0) is 11.2 Å². The maximum absolute atomic E-state index is 11.1. The summed E-state index contributed by atoms with van der Waals surface area (Å²) in [4.78, 5) is 12.8. The number of hydrogen-bond donors (Lipinski definition) is 0. The summed E-state index contributed by atoms with van der Waals surface area (Å²) in [7, 11) is 1.80. The number of carbonyl (C=O) groups is 1. The molecule has 76 valence electrons. The monoisotopic (exact) mass is 191 g/mol. The van der Waals surface area contributed by atoms with Gasteiger partial charge in [0.2, 0.25) is 5.91 Å². The molecule has 2 nitrogen and oxygen atoms in total. The van der Waals surface area contributed by atoms with Gasteiger partial charge in [0.1, 0.15) is 0 Å². The molecular formula is C12H17NO. The molecule has 0 saturated carbocycles. The zero-order valence-electron chi connectivity index (χ0n) is 9.08. The van der Waals surface area contributed by atoms with E-state index in [1.165, 1.54) is 5.56 Å². The van der Waals surface area contributed by atoms with Gasteiger partial charge in [-0.1, -0.05) is 25.5 Å². The van der Waals surface area contributed by atoms with Crippen molar-refractivity contribution in [2.75, 3.05) is 11.9 Å². The van der Waals surface area contributed by atoms with Crippen LogP contribution in [0.4, 0.5) is 5.69 Å². The van der Waals surface area contributed by atoms with Crippen LogP contribution in [0.3, 0.4) is 0 Å². The van der Waals surface area contributed by atoms with Gasteiger partial charge in [0.05, 0.1) is 0 Å². The maximum Gasteiger partial charge on any atom is 0.223 e. The topological polar surface area (TPSA) is 20.3 Å². The molecular weight excluding hydrogens is 174 g/mol. The van der Waals surface area contributed by atoms with Crippen molar-refractivity contribution in [3.05, 3.63) is 29.8 Å². The van der Waals surface area contributed by atoms with E-state index in [-0.39, 0.29) is 5.91 Å². The Labute approximate surface area is 85.5 Å². The minimum Gasteiger partial charge on any atom is -0.316 e. The summed E-state index contributed by atoms with van der Waals surface area (Å²) in [5.74, 6) is 0.0682. The SMILES string of the molecule is CCCc1cccc(N(C)C(C)=O)c1. The molecule has 0 unspecified atom stereocenters. The molecule has 0 fully saturated rings. The number of benzene rings is 1. The minimum atomic E-state index is 0.0682. The van der Waals surface area contributed by atoms with E-state index >= 15 is 0 Å². The molecule has 1 aromatic carbocycles. The third-order valence-electron chi connectivity index (χ3n) is 2.31. The summed E-state index contributed by atoms with van der Waals surface area (Å²) in [5, 5.41) is 0. The van der Waals surface area contributed by atoms with E-state index in [0.717, 1.165) is 18.5 Å². The molecule has 0 spiro atoms. The highest BCUT2D eigenvalue weighted by Gasteiger charge is 2.04. The summed E-state index contributed by atoms with van der Waals surface area (Å²) in [6.07, 6.45) is 2.20. The Hall–Kier alpha value is -1.31. The first kappa shape index (κ1) is 10.8.